The molecule has 0 heterocycles. The highest BCUT2D eigenvalue weighted by atomic mass is 31.2. The topological polar surface area (TPSA) is 93.1 Å². The van der Waals surface area contributed by atoms with Crippen LogP contribution in [-0.2, 0) is 18.8 Å². The fraction of sp³-hybridized carbons (Fsp3) is 0.947. The van der Waals surface area contributed by atoms with Gasteiger partial charge in [0.25, 0.3) is 0 Å². The second kappa shape index (κ2) is 8.30. The summed E-state index contributed by atoms with van der Waals surface area (Å²) in [5, 5.41) is -1.56. The normalized spacial score (nSPS) is 16.5. The number of hydrogen-bond acceptors (Lipinski definition) is 4. The van der Waals surface area contributed by atoms with Crippen LogP contribution in [-0.4, -0.2) is 33.3 Å². The molecule has 0 fully saturated rings. The molecule has 156 valence electrons. The molecule has 1 unspecified atom stereocenters. The molecular weight excluding hydrogens is 355 g/mol. The number of carbonyl (C=O) groups is 1. The van der Waals surface area contributed by atoms with Crippen molar-refractivity contribution in [3.05, 3.63) is 0 Å². The van der Waals surface area contributed by atoms with Crippen molar-refractivity contribution in [2.45, 2.75) is 93.0 Å². The summed E-state index contributed by atoms with van der Waals surface area (Å²) >= 11 is 0. The Balaban J connectivity index is 5.01. The first-order valence-corrected chi connectivity index (χ1v) is 10.8. The summed E-state index contributed by atoms with van der Waals surface area (Å²) in [5.74, 6) is -0.128. The zero-order valence-corrected chi connectivity index (χ0v) is 19.1. The highest BCUT2D eigenvalue weighted by Gasteiger charge is 2.44. The molecule has 0 bridgehead atoms. The van der Waals surface area contributed by atoms with Crippen LogP contribution < -0.4 is 0 Å². The number of esters is 1. The fourth-order valence-corrected chi connectivity index (χ4v) is 2.92. The molecule has 0 aliphatic heterocycles. The van der Waals surface area contributed by atoms with Crippen molar-refractivity contribution < 1.29 is 28.6 Å². The molecule has 0 saturated carbocycles. The summed E-state index contributed by atoms with van der Waals surface area (Å²) in [6.45, 7) is 18.6. The van der Waals surface area contributed by atoms with Gasteiger partial charge in [-0.3, -0.25) is 9.36 Å². The first kappa shape index (κ1) is 25.6. The zero-order chi connectivity index (χ0) is 21.2. The van der Waals surface area contributed by atoms with Crippen molar-refractivity contribution in [1.82, 2.24) is 0 Å². The van der Waals surface area contributed by atoms with Crippen LogP contribution in [0.3, 0.4) is 0 Å². The molecule has 0 amide bonds. The quantitative estimate of drug-likeness (QED) is 0.434. The van der Waals surface area contributed by atoms with Gasteiger partial charge in [-0.1, -0.05) is 34.6 Å². The summed E-state index contributed by atoms with van der Waals surface area (Å²) in [5.41, 5.74) is -1.42. The summed E-state index contributed by atoms with van der Waals surface area (Å²) in [7, 11) is -4.37. The lowest BCUT2D eigenvalue weighted by Gasteiger charge is -2.39. The SMILES string of the molecule is CC(C)C(C)(CC(C)(C)C)C(=O)OC(C)(C)CCOC(C)(C)P(=O)(O)O. The number of hydrogen-bond donors (Lipinski definition) is 2. The van der Waals surface area contributed by atoms with Crippen molar-refractivity contribution in [3.8, 4) is 0 Å². The van der Waals surface area contributed by atoms with Crippen LogP contribution in [0.4, 0.5) is 0 Å². The number of ether oxygens (including phenoxy) is 2. The van der Waals surface area contributed by atoms with Crippen LogP contribution in [0.2, 0.25) is 0 Å². The van der Waals surface area contributed by atoms with E-state index in [0.717, 1.165) is 0 Å². The summed E-state index contributed by atoms with van der Waals surface area (Å²) in [6, 6.07) is 0. The monoisotopic (exact) mass is 394 g/mol. The molecular formula is C19H39O6P. The third kappa shape index (κ3) is 7.67. The third-order valence-electron chi connectivity index (χ3n) is 4.87. The smallest absolute Gasteiger partial charge is 0.356 e. The van der Waals surface area contributed by atoms with Crippen LogP contribution in [0, 0.1) is 16.7 Å². The first-order valence-electron chi connectivity index (χ1n) is 9.17. The van der Waals surface area contributed by atoms with Gasteiger partial charge in [-0.2, -0.15) is 0 Å². The molecule has 0 saturated heterocycles. The Kier molecular flexibility index (Phi) is 8.17. The van der Waals surface area contributed by atoms with Gasteiger partial charge in [0.05, 0.1) is 12.0 Å². The molecule has 26 heavy (non-hydrogen) atoms. The number of carbonyl (C=O) groups excluding carboxylic acids is 1. The van der Waals surface area contributed by atoms with Crippen molar-refractivity contribution >= 4 is 13.6 Å². The Morgan fingerprint density at radius 1 is 1.00 bits per heavy atom. The van der Waals surface area contributed by atoms with E-state index in [2.05, 4.69) is 20.8 Å². The molecule has 2 N–H and O–H groups in total. The Morgan fingerprint density at radius 3 is 1.81 bits per heavy atom. The van der Waals surface area contributed by atoms with Crippen molar-refractivity contribution in [1.29, 1.82) is 0 Å². The molecule has 0 aromatic carbocycles. The van der Waals surface area contributed by atoms with Gasteiger partial charge in [-0.15, -0.1) is 0 Å². The van der Waals surface area contributed by atoms with Crippen LogP contribution >= 0.6 is 7.60 Å². The van der Waals surface area contributed by atoms with E-state index in [1.807, 2.05) is 20.8 Å². The van der Waals surface area contributed by atoms with Gasteiger partial charge < -0.3 is 19.3 Å². The molecule has 0 aromatic rings. The summed E-state index contributed by atoms with van der Waals surface area (Å²) in [6.07, 6.45) is 1.04. The molecule has 7 heteroatoms. The van der Waals surface area contributed by atoms with Crippen molar-refractivity contribution in [2.24, 2.45) is 16.7 Å². The first-order chi connectivity index (χ1) is 11.2. The Hall–Kier alpha value is -0.420. The zero-order valence-electron chi connectivity index (χ0n) is 18.2. The molecule has 1 atom stereocenters. The predicted molar refractivity (Wildman–Crippen MR) is 104 cm³/mol. The highest BCUT2D eigenvalue weighted by Crippen LogP contribution is 2.50. The van der Waals surface area contributed by atoms with Crippen molar-refractivity contribution in [2.75, 3.05) is 6.61 Å². The molecule has 0 aliphatic rings. The molecule has 0 aromatic heterocycles. The standard InChI is InChI=1S/C19H39O6P/c1-14(2)19(10,13-16(3,4)5)15(20)25-17(6,7)11-12-24-18(8,9)26(21,22)23/h14H,11-13H2,1-10H3,(H2,21,22,23). The minimum Gasteiger partial charge on any atom is -0.459 e. The van der Waals surface area contributed by atoms with Gasteiger partial charge in [-0.25, -0.2) is 0 Å². The van der Waals surface area contributed by atoms with Gasteiger partial charge in [0, 0.05) is 6.42 Å². The fourth-order valence-electron chi connectivity index (χ4n) is 2.66. The molecule has 0 radical (unpaired) electrons. The summed E-state index contributed by atoms with van der Waals surface area (Å²) < 4.78 is 22.6. The van der Waals surface area contributed by atoms with E-state index >= 15 is 0 Å². The van der Waals surface area contributed by atoms with Gasteiger partial charge in [0.15, 0.2) is 5.34 Å². The lowest BCUT2D eigenvalue weighted by molar-refractivity contribution is -0.175. The maximum Gasteiger partial charge on any atom is 0.356 e. The van der Waals surface area contributed by atoms with Crippen LogP contribution in [0.1, 0.15) is 82.1 Å². The summed E-state index contributed by atoms with van der Waals surface area (Å²) in [4.78, 5) is 31.5. The average Bonchev–Trinajstić information content (AvgIpc) is 2.33. The van der Waals surface area contributed by atoms with E-state index in [9.17, 15) is 19.1 Å². The van der Waals surface area contributed by atoms with E-state index in [0.29, 0.717) is 12.8 Å². The molecule has 0 rings (SSSR count). The van der Waals surface area contributed by atoms with Gasteiger partial charge in [0.1, 0.15) is 5.60 Å². The van der Waals surface area contributed by atoms with E-state index in [4.69, 9.17) is 9.47 Å². The molecule has 6 nitrogen and oxygen atoms in total. The maximum atomic E-state index is 12.9. The van der Waals surface area contributed by atoms with Crippen LogP contribution in [0.5, 0.6) is 0 Å². The van der Waals surface area contributed by atoms with E-state index in [1.54, 1.807) is 13.8 Å². The van der Waals surface area contributed by atoms with Crippen LogP contribution in [0.15, 0.2) is 0 Å². The van der Waals surface area contributed by atoms with E-state index < -0.39 is 24.0 Å². The lowest BCUT2D eigenvalue weighted by Crippen LogP contribution is -2.43. The van der Waals surface area contributed by atoms with Crippen molar-refractivity contribution in [3.63, 3.8) is 0 Å². The minimum atomic E-state index is -4.37. The van der Waals surface area contributed by atoms with Crippen LogP contribution in [0.25, 0.3) is 0 Å². The highest BCUT2D eigenvalue weighted by molar-refractivity contribution is 7.53. The van der Waals surface area contributed by atoms with Gasteiger partial charge in [-0.05, 0) is 52.4 Å². The third-order valence-corrected chi connectivity index (χ3v) is 6.40. The second-order valence-corrected chi connectivity index (χ2v) is 12.2. The molecule has 0 aliphatic carbocycles. The van der Waals surface area contributed by atoms with E-state index in [1.165, 1.54) is 13.8 Å². The Labute approximate surface area is 159 Å². The van der Waals surface area contributed by atoms with E-state index in [-0.39, 0.29) is 23.9 Å². The largest absolute Gasteiger partial charge is 0.459 e. The Morgan fingerprint density at radius 2 is 1.46 bits per heavy atom. The second-order valence-electron chi connectivity index (χ2n) is 10.0. The maximum absolute atomic E-state index is 12.9. The Bertz CT molecular complexity index is 527. The van der Waals surface area contributed by atoms with Gasteiger partial charge >= 0.3 is 13.6 Å². The minimum absolute atomic E-state index is 0.0151. The molecule has 0 spiro atoms. The average molecular weight is 394 g/mol. The van der Waals surface area contributed by atoms with Gasteiger partial charge in [0.2, 0.25) is 0 Å². The predicted octanol–water partition coefficient (Wildman–Crippen LogP) is 4.73. The number of rotatable bonds is 9. The lowest BCUT2D eigenvalue weighted by atomic mass is 9.68.